The number of carbonyl (C=O) groups is 2. The van der Waals surface area contributed by atoms with Gasteiger partial charge in [-0.3, -0.25) is 4.72 Å². The number of anilines is 1. The standard InChI is InChI=1S/C33H35F3N4O4S/c1-20-9-7-10-21(2)27(20)26-18-23(37-29(39-26)40-45-25-12-8-11-22(17-25)28(41)43-6)13-14-24(38-30(42)44-31(3,4)5)19-32(15-16-32)33(34,35)36/h7-12,17-18,24H,15-16,19H2,1-6H3,(H,38,42)(H,37,39,40). The van der Waals surface area contributed by atoms with Crippen molar-refractivity contribution in [2.75, 3.05) is 11.8 Å². The number of nitrogens with one attached hydrogen (secondary N) is 2. The van der Waals surface area contributed by atoms with Gasteiger partial charge in [-0.1, -0.05) is 30.2 Å². The third-order valence-corrected chi connectivity index (χ3v) is 7.87. The molecule has 2 N–H and O–H groups in total. The number of hydrogen-bond donors (Lipinski definition) is 2. The third-order valence-electron chi connectivity index (χ3n) is 7.09. The molecule has 2 aromatic carbocycles. The topological polar surface area (TPSA) is 102 Å². The van der Waals surface area contributed by atoms with Gasteiger partial charge in [0.1, 0.15) is 11.3 Å². The second-order valence-electron chi connectivity index (χ2n) is 11.9. The molecule has 1 aliphatic rings. The number of amides is 1. The summed E-state index contributed by atoms with van der Waals surface area (Å²) in [5.41, 5.74) is 1.20. The van der Waals surface area contributed by atoms with E-state index < -0.39 is 41.7 Å². The van der Waals surface area contributed by atoms with E-state index in [1.807, 2.05) is 32.0 Å². The monoisotopic (exact) mass is 640 g/mol. The lowest BCUT2D eigenvalue weighted by molar-refractivity contribution is -0.189. The summed E-state index contributed by atoms with van der Waals surface area (Å²) >= 11 is 1.16. The van der Waals surface area contributed by atoms with Crippen molar-refractivity contribution in [1.29, 1.82) is 0 Å². The van der Waals surface area contributed by atoms with Crippen LogP contribution in [0.2, 0.25) is 0 Å². The van der Waals surface area contributed by atoms with Gasteiger partial charge in [0, 0.05) is 10.5 Å². The number of rotatable bonds is 8. The number of aromatic nitrogens is 2. The van der Waals surface area contributed by atoms with E-state index in [9.17, 15) is 22.8 Å². The van der Waals surface area contributed by atoms with Gasteiger partial charge in [-0.2, -0.15) is 13.2 Å². The van der Waals surface area contributed by atoms with Crippen LogP contribution in [-0.2, 0) is 9.47 Å². The van der Waals surface area contributed by atoms with Crippen LogP contribution >= 0.6 is 11.9 Å². The van der Waals surface area contributed by atoms with Crippen molar-refractivity contribution in [3.63, 3.8) is 0 Å². The maximum Gasteiger partial charge on any atom is 0.408 e. The largest absolute Gasteiger partial charge is 0.465 e. The van der Waals surface area contributed by atoms with E-state index in [0.29, 0.717) is 16.2 Å². The second kappa shape index (κ2) is 13.4. The molecular weight excluding hydrogens is 605 g/mol. The van der Waals surface area contributed by atoms with Crippen molar-refractivity contribution in [3.8, 4) is 23.1 Å². The highest BCUT2D eigenvalue weighted by molar-refractivity contribution is 8.00. The Hall–Kier alpha value is -4.24. The molecule has 0 spiro atoms. The number of hydrogen-bond acceptors (Lipinski definition) is 8. The Kier molecular flexibility index (Phi) is 10.0. The maximum absolute atomic E-state index is 13.9. The van der Waals surface area contributed by atoms with E-state index in [1.165, 1.54) is 7.11 Å². The second-order valence-corrected chi connectivity index (χ2v) is 12.8. The molecular formula is C33H35F3N4O4S. The molecule has 1 fully saturated rings. The molecule has 238 valence electrons. The molecule has 1 saturated carbocycles. The van der Waals surface area contributed by atoms with Crippen LogP contribution < -0.4 is 10.0 Å². The number of halogens is 3. The minimum absolute atomic E-state index is 0.0304. The first-order valence-corrected chi connectivity index (χ1v) is 15.1. The molecule has 1 atom stereocenters. The number of esters is 1. The van der Waals surface area contributed by atoms with E-state index >= 15 is 0 Å². The third kappa shape index (κ3) is 8.91. The molecule has 1 amide bonds. The van der Waals surface area contributed by atoms with Gasteiger partial charge in [0.15, 0.2) is 0 Å². The molecule has 1 aromatic heterocycles. The van der Waals surface area contributed by atoms with E-state index in [0.717, 1.165) is 28.6 Å². The Labute approximate surface area is 265 Å². The summed E-state index contributed by atoms with van der Waals surface area (Å²) < 4.78 is 54.8. The number of methoxy groups -OCH3 is 1. The van der Waals surface area contributed by atoms with Crippen molar-refractivity contribution >= 4 is 30.0 Å². The summed E-state index contributed by atoms with van der Waals surface area (Å²) in [6, 6.07) is 13.1. The summed E-state index contributed by atoms with van der Waals surface area (Å²) in [5.74, 6) is 5.42. The first-order chi connectivity index (χ1) is 21.1. The van der Waals surface area contributed by atoms with Crippen LogP contribution in [0, 0.1) is 31.1 Å². The quantitative estimate of drug-likeness (QED) is 0.147. The lowest BCUT2D eigenvalue weighted by Gasteiger charge is -2.25. The molecule has 8 nitrogen and oxygen atoms in total. The number of ether oxygens (including phenoxy) is 2. The number of alkyl carbamates (subject to hydrolysis) is 1. The fraction of sp³-hybridized carbons (Fsp3) is 0.394. The van der Waals surface area contributed by atoms with Crippen LogP contribution in [0.25, 0.3) is 11.3 Å². The fourth-order valence-corrected chi connectivity index (χ4v) is 5.34. The van der Waals surface area contributed by atoms with Crippen molar-refractivity contribution in [3.05, 3.63) is 70.9 Å². The van der Waals surface area contributed by atoms with E-state index in [-0.39, 0.29) is 24.5 Å². The molecule has 0 bridgehead atoms. The van der Waals surface area contributed by atoms with Gasteiger partial charge < -0.3 is 14.8 Å². The Morgan fingerprint density at radius 1 is 1.04 bits per heavy atom. The molecule has 0 aliphatic heterocycles. The molecule has 3 aromatic rings. The zero-order chi connectivity index (χ0) is 33.0. The highest BCUT2D eigenvalue weighted by Gasteiger charge is 2.63. The van der Waals surface area contributed by atoms with Crippen molar-refractivity contribution in [2.24, 2.45) is 5.41 Å². The number of carbonyl (C=O) groups excluding carboxylic acids is 2. The number of alkyl halides is 3. The Balaban J connectivity index is 1.70. The van der Waals surface area contributed by atoms with Gasteiger partial charge in [0.2, 0.25) is 5.95 Å². The first kappa shape index (κ1) is 33.6. The highest BCUT2D eigenvalue weighted by atomic mass is 32.2. The van der Waals surface area contributed by atoms with Gasteiger partial charge in [-0.25, -0.2) is 19.6 Å². The van der Waals surface area contributed by atoms with Crippen molar-refractivity contribution in [2.45, 2.75) is 76.6 Å². The minimum atomic E-state index is -4.42. The average Bonchev–Trinajstić information content (AvgIpc) is 3.74. The summed E-state index contributed by atoms with van der Waals surface area (Å²) in [7, 11) is 1.30. The van der Waals surface area contributed by atoms with E-state index in [1.54, 1.807) is 51.1 Å². The summed E-state index contributed by atoms with van der Waals surface area (Å²) in [5, 5.41) is 2.52. The fourth-order valence-electron chi connectivity index (χ4n) is 4.71. The Morgan fingerprint density at radius 2 is 1.71 bits per heavy atom. The average molecular weight is 641 g/mol. The highest BCUT2D eigenvalue weighted by Crippen LogP contribution is 2.60. The van der Waals surface area contributed by atoms with Gasteiger partial charge in [-0.15, -0.1) is 0 Å². The Morgan fingerprint density at radius 3 is 2.31 bits per heavy atom. The van der Waals surface area contributed by atoms with Crippen LogP contribution in [0.4, 0.5) is 23.9 Å². The van der Waals surface area contributed by atoms with Crippen LogP contribution in [0.5, 0.6) is 0 Å². The first-order valence-electron chi connectivity index (χ1n) is 14.2. The molecule has 12 heteroatoms. The lowest BCUT2D eigenvalue weighted by Crippen LogP contribution is -2.41. The predicted molar refractivity (Wildman–Crippen MR) is 167 cm³/mol. The van der Waals surface area contributed by atoms with E-state index in [4.69, 9.17) is 14.5 Å². The van der Waals surface area contributed by atoms with Crippen LogP contribution in [-0.4, -0.2) is 47.0 Å². The predicted octanol–water partition coefficient (Wildman–Crippen LogP) is 7.64. The van der Waals surface area contributed by atoms with Gasteiger partial charge in [-0.05, 0) is 107 Å². The molecule has 0 saturated heterocycles. The zero-order valence-electron chi connectivity index (χ0n) is 25.9. The number of aryl methyl sites for hydroxylation is 2. The Bertz CT molecular complexity index is 1620. The molecule has 45 heavy (non-hydrogen) atoms. The summed E-state index contributed by atoms with van der Waals surface area (Å²) in [4.78, 5) is 34.4. The number of nitrogens with zero attached hydrogens (tertiary/aromatic N) is 2. The molecule has 4 rings (SSSR count). The van der Waals surface area contributed by atoms with Gasteiger partial charge in [0.25, 0.3) is 0 Å². The normalized spacial score (nSPS) is 14.4. The molecule has 1 aliphatic carbocycles. The van der Waals surface area contributed by atoms with E-state index in [2.05, 4.69) is 26.9 Å². The summed E-state index contributed by atoms with van der Waals surface area (Å²) in [6.45, 7) is 8.89. The van der Waals surface area contributed by atoms with Crippen LogP contribution in [0.15, 0.2) is 53.4 Å². The molecule has 0 radical (unpaired) electrons. The summed E-state index contributed by atoms with van der Waals surface area (Å²) in [6.07, 6.45) is -5.75. The molecule has 1 heterocycles. The molecule has 1 unspecified atom stereocenters. The minimum Gasteiger partial charge on any atom is -0.465 e. The lowest BCUT2D eigenvalue weighted by atomic mass is 9.96. The van der Waals surface area contributed by atoms with Crippen LogP contribution in [0.1, 0.15) is 67.2 Å². The zero-order valence-corrected chi connectivity index (χ0v) is 26.7. The van der Waals surface area contributed by atoms with Crippen molar-refractivity contribution < 1.29 is 32.2 Å². The van der Waals surface area contributed by atoms with Gasteiger partial charge in [0.05, 0.1) is 29.8 Å². The van der Waals surface area contributed by atoms with Crippen molar-refractivity contribution in [1.82, 2.24) is 15.3 Å². The van der Waals surface area contributed by atoms with Gasteiger partial charge >= 0.3 is 18.2 Å². The van der Waals surface area contributed by atoms with Crippen LogP contribution in [0.3, 0.4) is 0 Å². The smallest absolute Gasteiger partial charge is 0.408 e. The SMILES string of the molecule is COC(=O)c1cccc(SNc2nc(C#CC(CC3(C(F)(F)F)CC3)NC(=O)OC(C)(C)C)cc(-c3c(C)cccc3C)n2)c1. The maximum atomic E-state index is 13.9. The number of benzene rings is 2.